The summed E-state index contributed by atoms with van der Waals surface area (Å²) in [5.74, 6) is 0.906. The van der Waals surface area contributed by atoms with Gasteiger partial charge < -0.3 is 15.4 Å². The van der Waals surface area contributed by atoms with Gasteiger partial charge in [0.25, 0.3) is 0 Å². The largest absolute Gasteiger partial charge is 0.415 e. The minimum atomic E-state index is -0.314. The highest BCUT2D eigenvalue weighted by atomic mass is 16.6. The number of nitrogens with zero attached hydrogens (tertiary/aromatic N) is 1. The van der Waals surface area contributed by atoms with E-state index in [1.54, 1.807) is 17.0 Å². The summed E-state index contributed by atoms with van der Waals surface area (Å²) in [7, 11) is 0. The van der Waals surface area contributed by atoms with Crippen LogP contribution in [0.3, 0.4) is 0 Å². The van der Waals surface area contributed by atoms with Gasteiger partial charge in [0.05, 0.1) is 0 Å². The van der Waals surface area contributed by atoms with Crippen molar-refractivity contribution in [1.29, 1.82) is 0 Å². The van der Waals surface area contributed by atoms with Crippen molar-refractivity contribution < 1.29 is 9.53 Å². The van der Waals surface area contributed by atoms with Crippen molar-refractivity contribution in [2.24, 2.45) is 11.7 Å². The first-order chi connectivity index (χ1) is 7.66. The van der Waals surface area contributed by atoms with Crippen molar-refractivity contribution in [3.8, 4) is 5.75 Å². The maximum atomic E-state index is 11.8. The molecule has 2 N–H and O–H groups in total. The van der Waals surface area contributed by atoms with E-state index in [0.717, 1.165) is 0 Å². The number of para-hydroxylation sites is 1. The fourth-order valence-corrected chi connectivity index (χ4v) is 1.79. The van der Waals surface area contributed by atoms with Crippen LogP contribution in [0, 0.1) is 5.92 Å². The summed E-state index contributed by atoms with van der Waals surface area (Å²) in [6.07, 6.45) is -0.314. The monoisotopic (exact) mass is 220 g/mol. The van der Waals surface area contributed by atoms with Gasteiger partial charge in [-0.3, -0.25) is 0 Å². The van der Waals surface area contributed by atoms with E-state index in [4.69, 9.17) is 10.5 Å². The molecule has 2 rings (SSSR count). The smallest absolute Gasteiger partial charge is 0.410 e. The van der Waals surface area contributed by atoms with Gasteiger partial charge in [-0.1, -0.05) is 25.1 Å². The van der Waals surface area contributed by atoms with E-state index in [0.29, 0.717) is 24.8 Å². The van der Waals surface area contributed by atoms with Gasteiger partial charge in [0, 0.05) is 19.1 Å². The SMILES string of the molecule is CC1CN(C(=O)Oc2ccccc2)CC1N. The fraction of sp³-hybridized carbons (Fsp3) is 0.417. The molecule has 0 aromatic heterocycles. The molecule has 1 aromatic rings. The predicted octanol–water partition coefficient (Wildman–Crippen LogP) is 1.46. The highest BCUT2D eigenvalue weighted by Crippen LogP contribution is 2.17. The van der Waals surface area contributed by atoms with Gasteiger partial charge in [-0.15, -0.1) is 0 Å². The number of likely N-dealkylation sites (tertiary alicyclic amines) is 1. The number of amides is 1. The standard InChI is InChI=1S/C12H16N2O2/c1-9-7-14(8-11(9)13)12(15)16-10-5-3-2-4-6-10/h2-6,9,11H,7-8,13H2,1H3. The Bertz CT molecular complexity index is 357. The molecule has 1 aliphatic rings. The molecule has 1 heterocycles. The van der Waals surface area contributed by atoms with Crippen LogP contribution in [0.15, 0.2) is 30.3 Å². The number of ether oxygens (including phenoxy) is 1. The third kappa shape index (κ3) is 2.33. The molecule has 0 spiro atoms. The first kappa shape index (κ1) is 11.0. The molecular formula is C12H16N2O2. The van der Waals surface area contributed by atoms with E-state index in [-0.39, 0.29) is 12.1 Å². The van der Waals surface area contributed by atoms with Crippen LogP contribution in [0.4, 0.5) is 4.79 Å². The van der Waals surface area contributed by atoms with Crippen molar-refractivity contribution in [1.82, 2.24) is 4.90 Å². The second-order valence-corrected chi connectivity index (χ2v) is 4.23. The molecule has 86 valence electrons. The Kier molecular flexibility index (Phi) is 3.10. The molecule has 0 saturated carbocycles. The van der Waals surface area contributed by atoms with Crippen molar-refractivity contribution in [3.63, 3.8) is 0 Å². The Balaban J connectivity index is 1.95. The molecule has 4 heteroatoms. The molecule has 1 fully saturated rings. The van der Waals surface area contributed by atoms with Crippen molar-refractivity contribution in [2.75, 3.05) is 13.1 Å². The minimum Gasteiger partial charge on any atom is -0.410 e. The summed E-state index contributed by atoms with van der Waals surface area (Å²) in [6.45, 7) is 3.29. The van der Waals surface area contributed by atoms with E-state index in [9.17, 15) is 4.79 Å². The Labute approximate surface area is 95.0 Å². The topological polar surface area (TPSA) is 55.6 Å². The molecule has 4 nitrogen and oxygen atoms in total. The first-order valence-electron chi connectivity index (χ1n) is 5.44. The number of hydrogen-bond donors (Lipinski definition) is 1. The van der Waals surface area contributed by atoms with E-state index >= 15 is 0 Å². The maximum absolute atomic E-state index is 11.8. The quantitative estimate of drug-likeness (QED) is 0.779. The zero-order valence-electron chi connectivity index (χ0n) is 9.30. The van der Waals surface area contributed by atoms with Crippen molar-refractivity contribution >= 4 is 6.09 Å². The number of nitrogens with two attached hydrogens (primary N) is 1. The Morgan fingerprint density at radius 3 is 2.62 bits per heavy atom. The van der Waals surface area contributed by atoms with Crippen LogP contribution >= 0.6 is 0 Å². The van der Waals surface area contributed by atoms with Gasteiger partial charge in [-0.05, 0) is 18.1 Å². The van der Waals surface area contributed by atoms with Gasteiger partial charge in [-0.25, -0.2) is 4.79 Å². The van der Waals surface area contributed by atoms with Crippen molar-refractivity contribution in [3.05, 3.63) is 30.3 Å². The average Bonchev–Trinajstić information content (AvgIpc) is 2.61. The summed E-state index contributed by atoms with van der Waals surface area (Å²) in [4.78, 5) is 13.4. The van der Waals surface area contributed by atoms with Crippen molar-refractivity contribution in [2.45, 2.75) is 13.0 Å². The van der Waals surface area contributed by atoms with Crippen LogP contribution < -0.4 is 10.5 Å². The van der Waals surface area contributed by atoms with Gasteiger partial charge in [0.1, 0.15) is 5.75 Å². The molecule has 1 aromatic carbocycles. The third-order valence-electron chi connectivity index (χ3n) is 2.88. The minimum absolute atomic E-state index is 0.0586. The molecule has 0 radical (unpaired) electrons. The van der Waals surface area contributed by atoms with Gasteiger partial charge >= 0.3 is 6.09 Å². The molecular weight excluding hydrogens is 204 g/mol. The average molecular weight is 220 g/mol. The molecule has 1 saturated heterocycles. The van der Waals surface area contributed by atoms with E-state index in [2.05, 4.69) is 0 Å². The summed E-state index contributed by atoms with van der Waals surface area (Å²) in [6, 6.07) is 9.13. The highest BCUT2D eigenvalue weighted by molar-refractivity contribution is 5.71. The number of carbonyl (C=O) groups excluding carboxylic acids is 1. The third-order valence-corrected chi connectivity index (χ3v) is 2.88. The number of rotatable bonds is 1. The number of hydrogen-bond acceptors (Lipinski definition) is 3. The lowest BCUT2D eigenvalue weighted by molar-refractivity contribution is 0.161. The predicted molar refractivity (Wildman–Crippen MR) is 61.2 cm³/mol. The lowest BCUT2D eigenvalue weighted by atomic mass is 10.1. The van der Waals surface area contributed by atoms with Crippen LogP contribution in [-0.2, 0) is 0 Å². The van der Waals surface area contributed by atoms with Crippen LogP contribution in [-0.4, -0.2) is 30.1 Å². The normalized spacial score (nSPS) is 24.5. The van der Waals surface area contributed by atoms with Gasteiger partial charge in [-0.2, -0.15) is 0 Å². The van der Waals surface area contributed by atoms with Gasteiger partial charge in [0.15, 0.2) is 0 Å². The Hall–Kier alpha value is -1.55. The van der Waals surface area contributed by atoms with Crippen LogP contribution in [0.1, 0.15) is 6.92 Å². The molecule has 1 amide bonds. The summed E-state index contributed by atoms with van der Waals surface area (Å²) in [5, 5.41) is 0. The first-order valence-corrected chi connectivity index (χ1v) is 5.44. The maximum Gasteiger partial charge on any atom is 0.415 e. The van der Waals surface area contributed by atoms with E-state index in [1.165, 1.54) is 0 Å². The lowest BCUT2D eigenvalue weighted by Gasteiger charge is -2.15. The van der Waals surface area contributed by atoms with Crippen LogP contribution in [0.2, 0.25) is 0 Å². The second-order valence-electron chi connectivity index (χ2n) is 4.23. The Morgan fingerprint density at radius 1 is 1.38 bits per heavy atom. The fourth-order valence-electron chi connectivity index (χ4n) is 1.79. The zero-order valence-corrected chi connectivity index (χ0v) is 9.30. The zero-order chi connectivity index (χ0) is 11.5. The highest BCUT2D eigenvalue weighted by Gasteiger charge is 2.30. The van der Waals surface area contributed by atoms with Gasteiger partial charge in [0.2, 0.25) is 0 Å². The number of carbonyl (C=O) groups is 1. The summed E-state index contributed by atoms with van der Waals surface area (Å²) in [5.41, 5.74) is 5.85. The molecule has 2 atom stereocenters. The molecule has 2 unspecified atom stereocenters. The summed E-state index contributed by atoms with van der Waals surface area (Å²) >= 11 is 0. The molecule has 1 aliphatic heterocycles. The number of benzene rings is 1. The molecule has 16 heavy (non-hydrogen) atoms. The second kappa shape index (κ2) is 4.53. The Morgan fingerprint density at radius 2 is 2.06 bits per heavy atom. The van der Waals surface area contributed by atoms with E-state index in [1.807, 2.05) is 25.1 Å². The lowest BCUT2D eigenvalue weighted by Crippen LogP contribution is -2.34. The molecule has 0 bridgehead atoms. The summed E-state index contributed by atoms with van der Waals surface area (Å²) < 4.78 is 5.23. The molecule has 0 aliphatic carbocycles. The van der Waals surface area contributed by atoms with E-state index < -0.39 is 0 Å². The van der Waals surface area contributed by atoms with Crippen LogP contribution in [0.25, 0.3) is 0 Å². The van der Waals surface area contributed by atoms with Crippen LogP contribution in [0.5, 0.6) is 5.75 Å².